The Bertz CT molecular complexity index is 430. The smallest absolute Gasteiger partial charge is 0.122 e. The van der Waals surface area contributed by atoms with Gasteiger partial charge in [-0.1, -0.05) is 12.2 Å². The lowest BCUT2D eigenvalue weighted by Crippen LogP contribution is -2.40. The molecule has 1 fully saturated rings. The molecule has 18 heavy (non-hydrogen) atoms. The molecule has 1 saturated heterocycles. The average molecular weight is 265 g/mol. The van der Waals surface area contributed by atoms with Crippen LogP contribution in [0, 0.1) is 0 Å². The van der Waals surface area contributed by atoms with E-state index in [9.17, 15) is 0 Å². The maximum atomic E-state index is 5.69. The van der Waals surface area contributed by atoms with Crippen LogP contribution in [-0.4, -0.2) is 28.2 Å². The van der Waals surface area contributed by atoms with Gasteiger partial charge in [-0.05, 0) is 38.8 Å². The number of nitrogens with one attached hydrogen (secondary N) is 1. The number of hydrogen-bond donors (Lipinski definition) is 2. The summed E-state index contributed by atoms with van der Waals surface area (Å²) in [5.74, 6) is 0. The molecule has 0 radical (unpaired) electrons. The topological polar surface area (TPSA) is 60.2 Å². The lowest BCUT2D eigenvalue weighted by atomic mass is 9.94. The number of thiocarbonyl (C=S) groups is 1. The molecule has 0 aliphatic carbocycles. The molecule has 1 aromatic heterocycles. The van der Waals surface area contributed by atoms with Crippen LogP contribution in [0.25, 0.3) is 0 Å². The number of hydrogen-bond acceptors (Lipinski definition) is 4. The first-order valence-corrected chi connectivity index (χ1v) is 6.53. The normalized spacial score (nSPS) is 22.4. The van der Waals surface area contributed by atoms with Crippen molar-refractivity contribution in [2.24, 2.45) is 5.73 Å². The molecule has 0 amide bonds. The summed E-state index contributed by atoms with van der Waals surface area (Å²) in [4.78, 5) is 4.55. The largest absolute Gasteiger partial charge is 0.388 e. The predicted octanol–water partition coefficient (Wildman–Crippen LogP) is 2.09. The third-order valence-corrected chi connectivity index (χ3v) is 3.29. The Kier molecular flexibility index (Phi) is 3.82. The Morgan fingerprint density at radius 3 is 2.89 bits per heavy atom. The van der Waals surface area contributed by atoms with E-state index in [1.807, 2.05) is 12.1 Å². The minimum absolute atomic E-state index is 0.0535. The highest BCUT2D eigenvalue weighted by Crippen LogP contribution is 2.26. The second-order valence-corrected chi connectivity index (χ2v) is 5.68. The van der Waals surface area contributed by atoms with Crippen LogP contribution in [0.3, 0.4) is 0 Å². The van der Waals surface area contributed by atoms with Gasteiger partial charge in [-0.2, -0.15) is 0 Å². The molecular weight excluding hydrogens is 246 g/mol. The van der Waals surface area contributed by atoms with Crippen LogP contribution in [0.4, 0.5) is 5.69 Å². The van der Waals surface area contributed by atoms with Gasteiger partial charge in [-0.3, -0.25) is 4.98 Å². The quantitative estimate of drug-likeness (QED) is 0.819. The van der Waals surface area contributed by atoms with Gasteiger partial charge in [0.25, 0.3) is 0 Å². The lowest BCUT2D eigenvalue weighted by Gasteiger charge is -2.36. The summed E-state index contributed by atoms with van der Waals surface area (Å²) in [5, 5.41) is 3.48. The van der Waals surface area contributed by atoms with Gasteiger partial charge in [-0.25, -0.2) is 0 Å². The van der Waals surface area contributed by atoms with Gasteiger partial charge in [0, 0.05) is 12.6 Å². The first-order valence-electron chi connectivity index (χ1n) is 6.13. The molecule has 3 N–H and O–H groups in total. The predicted molar refractivity (Wildman–Crippen MR) is 76.8 cm³/mol. The van der Waals surface area contributed by atoms with Gasteiger partial charge in [0.1, 0.15) is 4.99 Å². The molecule has 0 spiro atoms. The van der Waals surface area contributed by atoms with Crippen LogP contribution >= 0.6 is 12.2 Å². The van der Waals surface area contributed by atoms with Crippen molar-refractivity contribution in [2.75, 3.05) is 11.9 Å². The average Bonchev–Trinajstić information content (AvgIpc) is 2.28. The van der Waals surface area contributed by atoms with Crippen molar-refractivity contribution < 1.29 is 4.74 Å². The highest BCUT2D eigenvalue weighted by atomic mass is 32.1. The van der Waals surface area contributed by atoms with Crippen molar-refractivity contribution in [3.63, 3.8) is 0 Å². The van der Waals surface area contributed by atoms with Crippen molar-refractivity contribution in [1.82, 2.24) is 4.98 Å². The zero-order chi connectivity index (χ0) is 13.2. The molecular formula is C13H19N3OS. The number of anilines is 1. The first kappa shape index (κ1) is 13.2. The number of rotatable bonds is 3. The number of nitrogens with two attached hydrogens (primary N) is 1. The summed E-state index contributed by atoms with van der Waals surface area (Å²) >= 11 is 4.88. The zero-order valence-electron chi connectivity index (χ0n) is 10.8. The second kappa shape index (κ2) is 5.20. The van der Waals surface area contributed by atoms with E-state index in [0.29, 0.717) is 16.7 Å². The van der Waals surface area contributed by atoms with Crippen molar-refractivity contribution in [1.29, 1.82) is 0 Å². The number of nitrogens with zero attached hydrogens (tertiary/aromatic N) is 1. The molecule has 1 atom stereocenters. The summed E-state index contributed by atoms with van der Waals surface area (Å²) in [6, 6.07) is 4.23. The van der Waals surface area contributed by atoms with E-state index in [2.05, 4.69) is 24.1 Å². The third-order valence-electron chi connectivity index (χ3n) is 3.08. The van der Waals surface area contributed by atoms with Gasteiger partial charge in [0.15, 0.2) is 0 Å². The van der Waals surface area contributed by atoms with E-state index in [-0.39, 0.29) is 5.60 Å². The molecule has 1 aliphatic rings. The summed E-state index contributed by atoms with van der Waals surface area (Å²) in [6.45, 7) is 5.03. The van der Waals surface area contributed by atoms with Crippen LogP contribution in [0.15, 0.2) is 18.3 Å². The highest BCUT2D eigenvalue weighted by Gasteiger charge is 2.28. The second-order valence-electron chi connectivity index (χ2n) is 5.24. The Labute approximate surface area is 113 Å². The molecule has 1 unspecified atom stereocenters. The van der Waals surface area contributed by atoms with Crippen LogP contribution < -0.4 is 11.1 Å². The fourth-order valence-corrected chi connectivity index (χ4v) is 2.34. The molecule has 1 aliphatic heterocycles. The first-order chi connectivity index (χ1) is 8.46. The summed E-state index contributed by atoms with van der Waals surface area (Å²) in [7, 11) is 0. The van der Waals surface area contributed by atoms with Crippen LogP contribution in [0.2, 0.25) is 0 Å². The third kappa shape index (κ3) is 3.40. The van der Waals surface area contributed by atoms with Gasteiger partial charge < -0.3 is 15.8 Å². The maximum absolute atomic E-state index is 5.69. The van der Waals surface area contributed by atoms with E-state index in [1.165, 1.54) is 0 Å². The lowest BCUT2D eigenvalue weighted by molar-refractivity contribution is -0.0553. The molecule has 2 heterocycles. The minimum atomic E-state index is -0.0535. The zero-order valence-corrected chi connectivity index (χ0v) is 11.6. The molecule has 98 valence electrons. The van der Waals surface area contributed by atoms with E-state index in [0.717, 1.165) is 25.1 Å². The fraction of sp³-hybridized carbons (Fsp3) is 0.538. The summed E-state index contributed by atoms with van der Waals surface area (Å²) < 4.78 is 5.69. The Balaban J connectivity index is 1.99. The Morgan fingerprint density at radius 2 is 2.33 bits per heavy atom. The van der Waals surface area contributed by atoms with Crippen molar-refractivity contribution >= 4 is 22.9 Å². The van der Waals surface area contributed by atoms with E-state index >= 15 is 0 Å². The molecule has 2 rings (SSSR count). The Morgan fingerprint density at radius 1 is 1.56 bits per heavy atom. The van der Waals surface area contributed by atoms with E-state index < -0.39 is 0 Å². The van der Waals surface area contributed by atoms with Gasteiger partial charge in [0.2, 0.25) is 0 Å². The van der Waals surface area contributed by atoms with Gasteiger partial charge >= 0.3 is 0 Å². The van der Waals surface area contributed by atoms with Crippen molar-refractivity contribution in [3.05, 3.63) is 24.0 Å². The molecule has 0 aromatic carbocycles. The number of aromatic nitrogens is 1. The molecule has 1 aromatic rings. The monoisotopic (exact) mass is 265 g/mol. The van der Waals surface area contributed by atoms with Crippen molar-refractivity contribution in [2.45, 2.75) is 38.3 Å². The summed E-state index contributed by atoms with van der Waals surface area (Å²) in [5.41, 5.74) is 7.12. The summed E-state index contributed by atoms with van der Waals surface area (Å²) in [6.07, 6.45) is 3.78. The van der Waals surface area contributed by atoms with Crippen LogP contribution in [-0.2, 0) is 4.74 Å². The molecule has 0 saturated carbocycles. The molecule has 5 heteroatoms. The molecule has 0 bridgehead atoms. The fourth-order valence-electron chi connectivity index (χ4n) is 2.22. The number of pyridine rings is 1. The van der Waals surface area contributed by atoms with Crippen LogP contribution in [0.1, 0.15) is 32.4 Å². The Hall–Kier alpha value is -1.20. The maximum Gasteiger partial charge on any atom is 0.122 e. The number of ether oxygens (including phenoxy) is 1. The van der Waals surface area contributed by atoms with Gasteiger partial charge in [-0.15, -0.1) is 0 Å². The SMILES string of the molecule is CC1(C)CC(Nc2ccc(C(N)=S)nc2)CCO1. The highest BCUT2D eigenvalue weighted by molar-refractivity contribution is 7.80. The van der Waals surface area contributed by atoms with Crippen molar-refractivity contribution in [3.8, 4) is 0 Å². The van der Waals surface area contributed by atoms with Gasteiger partial charge in [0.05, 0.1) is 23.2 Å². The minimum Gasteiger partial charge on any atom is -0.388 e. The van der Waals surface area contributed by atoms with Crippen LogP contribution in [0.5, 0.6) is 0 Å². The standard InChI is InChI=1S/C13H19N3OS/c1-13(2)7-9(5-6-17-13)16-10-3-4-11(12(14)18)15-8-10/h3-4,8-9,16H,5-7H2,1-2H3,(H2,14,18). The van der Waals surface area contributed by atoms with E-state index in [1.54, 1.807) is 6.20 Å². The molecule has 4 nitrogen and oxygen atoms in total. The van der Waals surface area contributed by atoms with E-state index in [4.69, 9.17) is 22.7 Å².